The zero-order valence-corrected chi connectivity index (χ0v) is 10.6. The van der Waals surface area contributed by atoms with Gasteiger partial charge >= 0.3 is 0 Å². The Kier molecular flexibility index (Phi) is 13.6. The maximum absolute atomic E-state index is 4.38. The first-order chi connectivity index (χ1) is 6.77. The van der Waals surface area contributed by atoms with E-state index in [-0.39, 0.29) is 0 Å². The predicted molar refractivity (Wildman–Crippen MR) is 46.9 cm³/mol. The van der Waals surface area contributed by atoms with Crippen LogP contribution in [0.1, 0.15) is 0 Å². The van der Waals surface area contributed by atoms with E-state index in [0.29, 0.717) is 0 Å². The molecule has 0 saturated heterocycles. The molecule has 14 heteroatoms. The van der Waals surface area contributed by atoms with Crippen LogP contribution in [0.4, 0.5) is 0 Å². The van der Waals surface area contributed by atoms with Crippen molar-refractivity contribution in [3.63, 3.8) is 0 Å². The Labute approximate surface area is 85.3 Å². The molecule has 0 bridgehead atoms. The fraction of sp³-hybridized carbons (Fsp3) is 0. The van der Waals surface area contributed by atoms with Gasteiger partial charge in [0.2, 0.25) is 0 Å². The molecule has 0 N–H and O–H groups in total. The Morgan fingerprint density at radius 3 is 1.50 bits per heavy atom. The van der Waals surface area contributed by atoms with Crippen molar-refractivity contribution in [3.05, 3.63) is 0 Å². The van der Waals surface area contributed by atoms with Crippen molar-refractivity contribution in [2.24, 2.45) is 0 Å². The summed E-state index contributed by atoms with van der Waals surface area (Å²) >= 11 is 0. The second kappa shape index (κ2) is 12.4. The average Bonchev–Trinajstić information content (AvgIpc) is 2.15. The Morgan fingerprint density at radius 2 is 1.07 bits per heavy atom. The summed E-state index contributed by atoms with van der Waals surface area (Å²) in [6, 6.07) is 0. The van der Waals surface area contributed by atoms with Crippen LogP contribution in [0.15, 0.2) is 0 Å². The zero-order chi connectivity index (χ0) is 10.6. The molecule has 3 unspecified atom stereocenters. The SMILES string of the molecule is POOOOOOOOOOP(P)P. The van der Waals surface area contributed by atoms with Crippen LogP contribution >= 0.6 is 34.8 Å². The van der Waals surface area contributed by atoms with Crippen molar-refractivity contribution in [2.45, 2.75) is 0 Å². The minimum Gasteiger partial charge on any atom is -0.189 e. The Bertz CT molecular complexity index is 106. The number of rotatable bonds is 10. The van der Waals surface area contributed by atoms with Gasteiger partial charge in [-0.05, 0) is 40.3 Å². The van der Waals surface area contributed by atoms with Crippen molar-refractivity contribution in [1.82, 2.24) is 0 Å². The topological polar surface area (TPSA) is 92.3 Å². The molecule has 0 aliphatic rings. The van der Waals surface area contributed by atoms with E-state index in [2.05, 4.69) is 67.5 Å². The molecule has 86 valence electrons. The Hall–Kier alpha value is 1.32. The molecule has 0 aromatic rings. The molecule has 0 aliphatic carbocycles. The van der Waals surface area contributed by atoms with Gasteiger partial charge in [-0.2, -0.15) is 9.35 Å². The third-order valence-electron chi connectivity index (χ3n) is 0.350. The third kappa shape index (κ3) is 13.3. The molecule has 0 heterocycles. The normalized spacial score (nSPS) is 11.1. The highest BCUT2D eigenvalue weighted by Gasteiger charge is 1.98. The van der Waals surface area contributed by atoms with E-state index in [1.54, 1.807) is 9.47 Å². The van der Waals surface area contributed by atoms with Gasteiger partial charge in [-0.15, -0.1) is 0 Å². The van der Waals surface area contributed by atoms with Gasteiger partial charge in [-0.3, -0.25) is 0 Å². The molecule has 0 rings (SSSR count). The lowest BCUT2D eigenvalue weighted by Gasteiger charge is -2.01. The van der Waals surface area contributed by atoms with Crippen LogP contribution in [0.25, 0.3) is 0 Å². The number of hydrogen-bond acceptors (Lipinski definition) is 10. The molecule has 0 aliphatic heterocycles. The number of hydrogen-bond donors (Lipinski definition) is 0. The fourth-order valence-corrected chi connectivity index (χ4v) is 0.470. The lowest BCUT2D eigenvalue weighted by Crippen LogP contribution is -2.00. The van der Waals surface area contributed by atoms with Crippen molar-refractivity contribution in [3.8, 4) is 0 Å². The van der Waals surface area contributed by atoms with Gasteiger partial charge in [0.1, 0.15) is 7.53 Å². The Balaban J connectivity index is 2.85. The molecule has 14 heavy (non-hydrogen) atoms. The maximum atomic E-state index is 4.38. The lowest BCUT2D eigenvalue weighted by molar-refractivity contribution is -0.837. The monoisotopic (exact) mass is 290 g/mol. The molecule has 0 spiro atoms. The van der Waals surface area contributed by atoms with Crippen LogP contribution in [0, 0.1) is 0 Å². The minimum atomic E-state index is -0.918. The van der Waals surface area contributed by atoms with Gasteiger partial charge < -0.3 is 0 Å². The van der Waals surface area contributed by atoms with E-state index < -0.39 is 7.53 Å². The molecule has 0 amide bonds. The highest BCUT2D eigenvalue weighted by Crippen LogP contribution is 2.53. The first kappa shape index (κ1) is 15.3. The maximum Gasteiger partial charge on any atom is 0.109 e. The molecular weight excluding hydrogens is 284 g/mol. The van der Waals surface area contributed by atoms with Crippen molar-refractivity contribution in [1.29, 1.82) is 0 Å². The van der Waals surface area contributed by atoms with E-state index in [1.165, 1.54) is 0 Å². The molecule has 0 radical (unpaired) electrons. The van der Waals surface area contributed by atoms with E-state index in [4.69, 9.17) is 0 Å². The Morgan fingerprint density at radius 1 is 0.643 bits per heavy atom. The van der Waals surface area contributed by atoms with Crippen LogP contribution in [-0.4, -0.2) is 0 Å². The van der Waals surface area contributed by atoms with Gasteiger partial charge in [0.25, 0.3) is 0 Å². The van der Waals surface area contributed by atoms with Crippen LogP contribution in [0.5, 0.6) is 0 Å². The third-order valence-corrected chi connectivity index (χ3v) is 1.18. The summed E-state index contributed by atoms with van der Waals surface area (Å²) in [6.45, 7) is 0. The highest BCUT2D eigenvalue weighted by atomic mass is 32.4. The molecule has 0 fully saturated rings. The van der Waals surface area contributed by atoms with E-state index >= 15 is 0 Å². The predicted octanol–water partition coefficient (Wildman–Crippen LogP) is 1.15. The fourth-order valence-electron chi connectivity index (χ4n) is 0.132. The summed E-state index contributed by atoms with van der Waals surface area (Å²) in [6.07, 6.45) is 0. The summed E-state index contributed by atoms with van der Waals surface area (Å²) in [5.41, 5.74) is 0. The molecule has 0 aromatic carbocycles. The lowest BCUT2D eigenvalue weighted by atomic mass is 14.1. The van der Waals surface area contributed by atoms with Crippen molar-refractivity contribution in [2.75, 3.05) is 0 Å². The summed E-state index contributed by atoms with van der Waals surface area (Å²) in [4.78, 5) is 0. The van der Waals surface area contributed by atoms with Gasteiger partial charge in [-0.25, -0.2) is 0 Å². The second-order valence-corrected chi connectivity index (χ2v) is 6.98. The van der Waals surface area contributed by atoms with Crippen LogP contribution in [-0.2, 0) is 49.7 Å². The molecular formula is H6O10P4. The average molecular weight is 290 g/mol. The van der Waals surface area contributed by atoms with E-state index in [0.717, 1.165) is 0 Å². The van der Waals surface area contributed by atoms with Gasteiger partial charge in [-0.1, -0.05) is 17.9 Å². The standard InChI is InChI=1S/H6O10P4/c11-9-7-5-3-1-2-4-6-8-10-14(12)13/h11-13H2. The van der Waals surface area contributed by atoms with Gasteiger partial charge in [0.15, 0.2) is 0 Å². The van der Waals surface area contributed by atoms with Crippen LogP contribution in [0.2, 0.25) is 0 Å². The van der Waals surface area contributed by atoms with Gasteiger partial charge in [0, 0.05) is 9.47 Å². The molecule has 0 saturated carbocycles. The second-order valence-electron chi connectivity index (χ2n) is 1.07. The van der Waals surface area contributed by atoms with E-state index in [9.17, 15) is 0 Å². The highest BCUT2D eigenvalue weighted by molar-refractivity contribution is 8.41. The summed E-state index contributed by atoms with van der Waals surface area (Å²) < 4.78 is 8.20. The summed E-state index contributed by atoms with van der Waals surface area (Å²) in [7, 11) is 5.33. The summed E-state index contributed by atoms with van der Waals surface area (Å²) in [5.74, 6) is 0. The van der Waals surface area contributed by atoms with Crippen molar-refractivity contribution < 1.29 is 49.7 Å². The smallest absolute Gasteiger partial charge is 0.109 e. The summed E-state index contributed by atoms with van der Waals surface area (Å²) in [5, 5.41) is 29.5. The molecule has 3 atom stereocenters. The van der Waals surface area contributed by atoms with Crippen LogP contribution in [0.3, 0.4) is 0 Å². The van der Waals surface area contributed by atoms with Gasteiger partial charge in [0.05, 0.1) is 0 Å². The zero-order valence-electron chi connectivity index (χ0n) is 6.26. The first-order valence-electron chi connectivity index (χ1n) is 2.43. The molecule has 0 aromatic heterocycles. The first-order valence-corrected chi connectivity index (χ1v) is 7.40. The van der Waals surface area contributed by atoms with Crippen molar-refractivity contribution >= 4 is 34.8 Å². The van der Waals surface area contributed by atoms with Crippen LogP contribution < -0.4 is 0 Å². The minimum absolute atomic E-state index is 0.918. The molecule has 10 nitrogen and oxygen atoms in total. The quantitative estimate of drug-likeness (QED) is 0.252. The largest absolute Gasteiger partial charge is 0.189 e. The van der Waals surface area contributed by atoms with E-state index in [1.807, 2.05) is 0 Å².